The summed E-state index contributed by atoms with van der Waals surface area (Å²) in [5, 5.41) is 0.242. The Labute approximate surface area is 154 Å². The first-order valence-corrected chi connectivity index (χ1v) is 7.90. The van der Waals surface area contributed by atoms with E-state index in [0.29, 0.717) is 17.4 Å². The van der Waals surface area contributed by atoms with Gasteiger partial charge in [-0.3, -0.25) is 14.3 Å². The summed E-state index contributed by atoms with van der Waals surface area (Å²) in [6, 6.07) is 4.88. The molecule has 3 aromatic rings. The maximum absolute atomic E-state index is 13.7. The number of rotatable bonds is 4. The molecule has 5 nitrogen and oxygen atoms in total. The normalized spacial score (nSPS) is 12.6. The molecule has 3 aromatic heterocycles. The van der Waals surface area contributed by atoms with Gasteiger partial charge in [-0.15, -0.1) is 0 Å². The van der Waals surface area contributed by atoms with E-state index in [1.54, 1.807) is 26.1 Å². The fraction of sp³-hybridized carbons (Fsp3) is 0.167. The molecule has 0 N–H and O–H groups in total. The second-order valence-electron chi connectivity index (χ2n) is 5.56. The Balaban J connectivity index is 1.95. The Hall–Kier alpha value is -2.80. The first-order valence-electron chi connectivity index (χ1n) is 8.10. The first kappa shape index (κ1) is 16.7. The highest BCUT2D eigenvalue weighted by Gasteiger charge is 2.12. The Morgan fingerprint density at radius 1 is 1.19 bits per heavy atom. The SMILES string of the molecule is [2H]C(Oc1cc(C)n(-c2cc(Cl)ncc2C)c(=O)c1)c1ncc(F)cc1F. The maximum Gasteiger partial charge on any atom is 0.259 e. The minimum atomic E-state index is -1.56. The summed E-state index contributed by atoms with van der Waals surface area (Å²) in [5.41, 5.74) is 1.03. The minimum absolute atomic E-state index is 0.0667. The van der Waals surface area contributed by atoms with Crippen molar-refractivity contribution in [1.29, 1.82) is 0 Å². The number of hydrogen-bond acceptors (Lipinski definition) is 4. The molecule has 0 saturated carbocycles. The van der Waals surface area contributed by atoms with Gasteiger partial charge in [0.2, 0.25) is 0 Å². The third-order valence-corrected chi connectivity index (χ3v) is 3.82. The van der Waals surface area contributed by atoms with Gasteiger partial charge in [-0.2, -0.15) is 0 Å². The number of halogens is 3. The molecule has 0 fully saturated rings. The number of aromatic nitrogens is 3. The van der Waals surface area contributed by atoms with E-state index in [0.717, 1.165) is 11.8 Å². The minimum Gasteiger partial charge on any atom is -0.487 e. The molecular formula is C18H14ClF2N3O2. The summed E-state index contributed by atoms with van der Waals surface area (Å²) >= 11 is 5.92. The van der Waals surface area contributed by atoms with Gasteiger partial charge in [0.15, 0.2) is 5.82 Å². The van der Waals surface area contributed by atoms with Crippen molar-refractivity contribution in [3.8, 4) is 11.4 Å². The van der Waals surface area contributed by atoms with E-state index < -0.39 is 23.8 Å². The third-order valence-electron chi connectivity index (χ3n) is 3.62. The number of nitrogens with zero attached hydrogens (tertiary/aromatic N) is 3. The van der Waals surface area contributed by atoms with Crippen molar-refractivity contribution in [2.24, 2.45) is 0 Å². The molecule has 0 amide bonds. The Bertz CT molecular complexity index is 1070. The standard InChI is InChI=1S/C18H14ClF2N3O2/c1-10-7-23-17(19)6-16(10)24-11(2)3-13(5-18(24)25)26-9-15-14(21)4-12(20)8-22-15/h3-8H,9H2,1-2H3/i9D. The van der Waals surface area contributed by atoms with E-state index in [4.69, 9.17) is 17.7 Å². The van der Waals surface area contributed by atoms with E-state index in [1.807, 2.05) is 0 Å². The van der Waals surface area contributed by atoms with Crippen LogP contribution in [-0.4, -0.2) is 14.5 Å². The van der Waals surface area contributed by atoms with Crippen molar-refractivity contribution in [2.75, 3.05) is 0 Å². The van der Waals surface area contributed by atoms with Crippen LogP contribution in [0.1, 0.15) is 18.3 Å². The second kappa shape index (κ2) is 7.21. The molecule has 26 heavy (non-hydrogen) atoms. The molecule has 1 atom stereocenters. The quantitative estimate of drug-likeness (QED) is 0.649. The molecule has 8 heteroatoms. The smallest absolute Gasteiger partial charge is 0.259 e. The van der Waals surface area contributed by atoms with Crippen LogP contribution in [0.15, 0.2) is 41.5 Å². The van der Waals surface area contributed by atoms with Crippen molar-refractivity contribution in [3.05, 3.63) is 80.8 Å². The molecule has 0 spiro atoms. The summed E-state index contributed by atoms with van der Waals surface area (Å²) in [5.74, 6) is -1.78. The lowest BCUT2D eigenvalue weighted by molar-refractivity contribution is 0.292. The Kier molecular flexibility index (Phi) is 4.62. The van der Waals surface area contributed by atoms with E-state index in [2.05, 4.69) is 9.97 Å². The third kappa shape index (κ3) is 3.72. The predicted octanol–water partition coefficient (Wildman–Crippen LogP) is 3.75. The maximum atomic E-state index is 13.7. The molecule has 0 aromatic carbocycles. The molecule has 0 radical (unpaired) electrons. The highest BCUT2D eigenvalue weighted by Crippen LogP contribution is 2.20. The lowest BCUT2D eigenvalue weighted by atomic mass is 10.2. The summed E-state index contributed by atoms with van der Waals surface area (Å²) in [4.78, 5) is 20.1. The van der Waals surface area contributed by atoms with Gasteiger partial charge in [0, 0.05) is 30.1 Å². The molecule has 134 valence electrons. The summed E-state index contributed by atoms with van der Waals surface area (Å²) in [7, 11) is 0. The van der Waals surface area contributed by atoms with Gasteiger partial charge in [-0.05, 0) is 25.5 Å². The van der Waals surface area contributed by atoms with Crippen LogP contribution in [0.25, 0.3) is 5.69 Å². The Morgan fingerprint density at radius 3 is 2.65 bits per heavy atom. The Morgan fingerprint density at radius 2 is 1.96 bits per heavy atom. The molecule has 3 rings (SSSR count). The fourth-order valence-corrected chi connectivity index (χ4v) is 2.57. The zero-order valence-electron chi connectivity index (χ0n) is 14.8. The van der Waals surface area contributed by atoms with Gasteiger partial charge in [0.1, 0.15) is 29.0 Å². The molecule has 0 aliphatic heterocycles. The van der Waals surface area contributed by atoms with E-state index in [-0.39, 0.29) is 16.6 Å². The molecule has 0 bridgehead atoms. The van der Waals surface area contributed by atoms with E-state index in [9.17, 15) is 13.6 Å². The van der Waals surface area contributed by atoms with Crippen molar-refractivity contribution in [1.82, 2.24) is 14.5 Å². The lowest BCUT2D eigenvalue weighted by Gasteiger charge is -2.14. The molecule has 0 aliphatic rings. The van der Waals surface area contributed by atoms with Gasteiger partial charge in [0.05, 0.1) is 13.3 Å². The summed E-state index contributed by atoms with van der Waals surface area (Å²) < 4.78 is 41.3. The van der Waals surface area contributed by atoms with Crippen LogP contribution in [-0.2, 0) is 6.58 Å². The van der Waals surface area contributed by atoms with Crippen LogP contribution >= 0.6 is 11.6 Å². The lowest BCUT2D eigenvalue weighted by Crippen LogP contribution is -2.21. The van der Waals surface area contributed by atoms with Crippen LogP contribution < -0.4 is 10.3 Å². The second-order valence-corrected chi connectivity index (χ2v) is 5.94. The highest BCUT2D eigenvalue weighted by atomic mass is 35.5. The molecule has 3 heterocycles. The molecular weight excluding hydrogens is 364 g/mol. The fourth-order valence-electron chi connectivity index (χ4n) is 2.41. The van der Waals surface area contributed by atoms with Gasteiger partial charge >= 0.3 is 0 Å². The highest BCUT2D eigenvalue weighted by molar-refractivity contribution is 6.29. The van der Waals surface area contributed by atoms with Crippen LogP contribution in [0.5, 0.6) is 5.75 Å². The van der Waals surface area contributed by atoms with Crippen LogP contribution in [0.4, 0.5) is 8.78 Å². The van der Waals surface area contributed by atoms with Gasteiger partial charge in [0.25, 0.3) is 5.56 Å². The largest absolute Gasteiger partial charge is 0.487 e. The van der Waals surface area contributed by atoms with E-state index in [1.165, 1.54) is 16.7 Å². The number of aryl methyl sites for hydroxylation is 2. The van der Waals surface area contributed by atoms with Crippen molar-refractivity contribution in [2.45, 2.75) is 20.4 Å². The number of ether oxygens (including phenoxy) is 1. The number of pyridine rings is 3. The molecule has 1 unspecified atom stereocenters. The van der Waals surface area contributed by atoms with Crippen molar-refractivity contribution in [3.63, 3.8) is 0 Å². The zero-order valence-corrected chi connectivity index (χ0v) is 14.6. The average molecular weight is 379 g/mol. The molecule has 0 saturated heterocycles. The topological polar surface area (TPSA) is 57.0 Å². The predicted molar refractivity (Wildman–Crippen MR) is 92.8 cm³/mol. The number of hydrogen-bond donors (Lipinski definition) is 0. The van der Waals surface area contributed by atoms with Crippen LogP contribution in [0.2, 0.25) is 5.15 Å². The summed E-state index contributed by atoms with van der Waals surface area (Å²) in [6.45, 7) is 1.91. The van der Waals surface area contributed by atoms with Gasteiger partial charge in [-0.1, -0.05) is 11.6 Å². The van der Waals surface area contributed by atoms with Gasteiger partial charge < -0.3 is 4.74 Å². The average Bonchev–Trinajstić information content (AvgIpc) is 2.57. The monoisotopic (exact) mass is 378 g/mol. The summed E-state index contributed by atoms with van der Waals surface area (Å²) in [6.07, 6.45) is 2.35. The molecule has 0 aliphatic carbocycles. The zero-order chi connectivity index (χ0) is 19.7. The van der Waals surface area contributed by atoms with Crippen molar-refractivity contribution >= 4 is 11.6 Å². The van der Waals surface area contributed by atoms with Crippen LogP contribution in [0, 0.1) is 25.5 Å². The van der Waals surface area contributed by atoms with Gasteiger partial charge in [-0.25, -0.2) is 13.8 Å². The first-order chi connectivity index (χ1) is 12.8. The van der Waals surface area contributed by atoms with E-state index >= 15 is 0 Å². The van der Waals surface area contributed by atoms with Crippen LogP contribution in [0.3, 0.4) is 0 Å². The van der Waals surface area contributed by atoms with Crippen molar-refractivity contribution < 1.29 is 14.9 Å².